The minimum Gasteiger partial charge on any atom is -0.370 e. The fourth-order valence-corrected chi connectivity index (χ4v) is 1.78. The van der Waals surface area contributed by atoms with Crippen LogP contribution in [0.4, 0.5) is 0 Å². The third-order valence-electron chi connectivity index (χ3n) is 1.27. The van der Waals surface area contributed by atoms with Crippen LogP contribution in [0.2, 0.25) is 4.34 Å². The van der Waals surface area contributed by atoms with Crippen LogP contribution in [0, 0.1) is 0 Å². The van der Waals surface area contributed by atoms with Gasteiger partial charge in [-0.15, -0.1) is 11.3 Å². The van der Waals surface area contributed by atoms with Gasteiger partial charge in [0.2, 0.25) is 5.96 Å². The lowest BCUT2D eigenvalue weighted by atomic mass is 10.5. The number of aliphatic imine (C=N–C) groups is 2. The highest BCUT2D eigenvalue weighted by molar-refractivity contribution is 7.16. The van der Waals surface area contributed by atoms with Crippen molar-refractivity contribution in [2.45, 2.75) is 6.54 Å². The van der Waals surface area contributed by atoms with Gasteiger partial charge >= 0.3 is 0 Å². The van der Waals surface area contributed by atoms with Gasteiger partial charge in [-0.05, 0) is 12.1 Å². The summed E-state index contributed by atoms with van der Waals surface area (Å²) in [5.74, 6) is -0.0371. The summed E-state index contributed by atoms with van der Waals surface area (Å²) in [4.78, 5) is 8.52. The Bertz CT molecular complexity index is 366. The molecule has 0 aliphatic heterocycles. The zero-order valence-electron chi connectivity index (χ0n) is 7.27. The van der Waals surface area contributed by atoms with E-state index in [9.17, 15) is 0 Å². The molecule has 0 spiro atoms. The van der Waals surface area contributed by atoms with Crippen LogP contribution >= 0.6 is 22.9 Å². The van der Waals surface area contributed by atoms with Crippen LogP contribution in [-0.2, 0) is 6.54 Å². The van der Waals surface area contributed by atoms with Crippen LogP contribution in [0.1, 0.15) is 4.88 Å². The quantitative estimate of drug-likeness (QED) is 0.510. The summed E-state index contributed by atoms with van der Waals surface area (Å²) in [5, 5.41) is 0. The number of rotatable bonds is 2. The molecule has 0 aromatic carbocycles. The predicted molar refractivity (Wildman–Crippen MR) is 60.5 cm³/mol. The van der Waals surface area contributed by atoms with E-state index in [0.717, 1.165) is 9.21 Å². The van der Waals surface area contributed by atoms with Crippen molar-refractivity contribution < 1.29 is 0 Å². The molecule has 0 saturated carbocycles. The summed E-state index contributed by atoms with van der Waals surface area (Å²) in [6, 6.07) is 3.67. The highest BCUT2D eigenvalue weighted by atomic mass is 35.5. The van der Waals surface area contributed by atoms with Crippen molar-refractivity contribution in [1.29, 1.82) is 0 Å². The molecule has 0 atom stereocenters. The average Bonchev–Trinajstić information content (AvgIpc) is 2.47. The Morgan fingerprint density at radius 2 is 2.07 bits per heavy atom. The Labute approximate surface area is 90.3 Å². The maximum atomic E-state index is 5.73. The molecule has 0 bridgehead atoms. The Kier molecular flexibility index (Phi) is 3.73. The van der Waals surface area contributed by atoms with E-state index in [-0.39, 0.29) is 11.9 Å². The van der Waals surface area contributed by atoms with E-state index in [2.05, 4.69) is 9.98 Å². The van der Waals surface area contributed by atoms with E-state index in [1.807, 2.05) is 6.07 Å². The van der Waals surface area contributed by atoms with Crippen molar-refractivity contribution in [3.05, 3.63) is 21.3 Å². The van der Waals surface area contributed by atoms with Gasteiger partial charge in [-0.25, -0.2) is 4.99 Å². The molecule has 0 radical (unpaired) electrons. The van der Waals surface area contributed by atoms with Crippen LogP contribution in [0.25, 0.3) is 0 Å². The number of hydrogen-bond donors (Lipinski definition) is 3. The number of thiophene rings is 1. The normalized spacial score (nSPS) is 11.4. The topological polar surface area (TPSA) is 103 Å². The largest absolute Gasteiger partial charge is 0.370 e. The number of halogens is 1. The maximum Gasteiger partial charge on any atom is 0.218 e. The Morgan fingerprint density at radius 1 is 1.36 bits per heavy atom. The van der Waals surface area contributed by atoms with Crippen molar-refractivity contribution in [3.8, 4) is 0 Å². The van der Waals surface area contributed by atoms with Gasteiger partial charge in [-0.2, -0.15) is 4.99 Å². The minimum absolute atomic E-state index is 0.0644. The molecular weight excluding hydrogens is 222 g/mol. The molecule has 1 aromatic rings. The van der Waals surface area contributed by atoms with E-state index in [0.29, 0.717) is 6.54 Å². The van der Waals surface area contributed by atoms with Crippen LogP contribution < -0.4 is 17.2 Å². The average molecular weight is 232 g/mol. The van der Waals surface area contributed by atoms with E-state index < -0.39 is 0 Å². The molecule has 6 N–H and O–H groups in total. The van der Waals surface area contributed by atoms with Gasteiger partial charge in [-0.1, -0.05) is 11.6 Å². The molecule has 0 aliphatic rings. The molecule has 0 saturated heterocycles. The smallest absolute Gasteiger partial charge is 0.218 e. The van der Waals surface area contributed by atoms with Crippen molar-refractivity contribution in [2.75, 3.05) is 0 Å². The van der Waals surface area contributed by atoms with E-state index in [4.69, 9.17) is 28.8 Å². The number of nitrogens with two attached hydrogens (primary N) is 3. The van der Waals surface area contributed by atoms with Crippen LogP contribution in [0.5, 0.6) is 0 Å². The highest BCUT2D eigenvalue weighted by Gasteiger charge is 1.96. The second-order valence-electron chi connectivity index (χ2n) is 2.42. The number of guanidine groups is 2. The first-order valence-electron chi connectivity index (χ1n) is 3.71. The first-order valence-corrected chi connectivity index (χ1v) is 4.91. The van der Waals surface area contributed by atoms with Crippen LogP contribution in [-0.4, -0.2) is 11.9 Å². The van der Waals surface area contributed by atoms with Gasteiger partial charge < -0.3 is 17.2 Å². The summed E-state index contributed by atoms with van der Waals surface area (Å²) in [6.07, 6.45) is 0. The van der Waals surface area contributed by atoms with Gasteiger partial charge in [-0.3, -0.25) is 0 Å². The standard InChI is InChI=1S/C7H10ClN5S/c8-5-2-1-4(14-5)3-12-7(11)13-6(9)10/h1-2H,3H2,(H6,9,10,11,12,13). The lowest BCUT2D eigenvalue weighted by molar-refractivity contribution is 1.08. The molecule has 0 aliphatic carbocycles. The van der Waals surface area contributed by atoms with Gasteiger partial charge in [0.15, 0.2) is 5.96 Å². The second-order valence-corrected chi connectivity index (χ2v) is 4.22. The number of hydrogen-bond acceptors (Lipinski definition) is 2. The summed E-state index contributed by atoms with van der Waals surface area (Å²) < 4.78 is 0.718. The summed E-state index contributed by atoms with van der Waals surface area (Å²) in [5.41, 5.74) is 15.6. The van der Waals surface area contributed by atoms with Gasteiger partial charge in [0, 0.05) is 4.88 Å². The minimum atomic E-state index is -0.101. The fourth-order valence-electron chi connectivity index (χ4n) is 0.763. The lowest BCUT2D eigenvalue weighted by Gasteiger charge is -1.93. The Hall–Kier alpha value is -1.27. The molecule has 1 aromatic heterocycles. The van der Waals surface area contributed by atoms with Crippen LogP contribution in [0.3, 0.4) is 0 Å². The van der Waals surface area contributed by atoms with Crippen molar-refractivity contribution in [2.24, 2.45) is 27.2 Å². The van der Waals surface area contributed by atoms with Gasteiger partial charge in [0.1, 0.15) is 0 Å². The first kappa shape index (κ1) is 10.8. The van der Waals surface area contributed by atoms with E-state index >= 15 is 0 Å². The predicted octanol–water partition coefficient (Wildman–Crippen LogP) is 0.490. The zero-order valence-corrected chi connectivity index (χ0v) is 8.85. The molecule has 1 heterocycles. The van der Waals surface area contributed by atoms with E-state index in [1.54, 1.807) is 6.07 Å². The molecule has 5 nitrogen and oxygen atoms in total. The summed E-state index contributed by atoms with van der Waals surface area (Å²) in [6.45, 7) is 0.431. The summed E-state index contributed by atoms with van der Waals surface area (Å²) in [7, 11) is 0. The lowest BCUT2D eigenvalue weighted by Crippen LogP contribution is -2.26. The molecule has 7 heteroatoms. The van der Waals surface area contributed by atoms with Gasteiger partial charge in [0.05, 0.1) is 10.9 Å². The highest BCUT2D eigenvalue weighted by Crippen LogP contribution is 2.21. The maximum absolute atomic E-state index is 5.73. The van der Waals surface area contributed by atoms with Crippen molar-refractivity contribution in [1.82, 2.24) is 0 Å². The summed E-state index contributed by atoms with van der Waals surface area (Å²) >= 11 is 7.17. The first-order chi connectivity index (χ1) is 6.58. The second kappa shape index (κ2) is 4.83. The van der Waals surface area contributed by atoms with Gasteiger partial charge in [0.25, 0.3) is 0 Å². The van der Waals surface area contributed by atoms with Crippen molar-refractivity contribution in [3.63, 3.8) is 0 Å². The molecule has 1 rings (SSSR count). The molecule has 14 heavy (non-hydrogen) atoms. The molecule has 0 amide bonds. The third kappa shape index (κ3) is 3.63. The number of nitrogens with zero attached hydrogens (tertiary/aromatic N) is 2. The molecule has 76 valence electrons. The zero-order chi connectivity index (χ0) is 10.6. The fraction of sp³-hybridized carbons (Fsp3) is 0.143. The van der Waals surface area contributed by atoms with E-state index in [1.165, 1.54) is 11.3 Å². The van der Waals surface area contributed by atoms with Crippen LogP contribution in [0.15, 0.2) is 22.1 Å². The van der Waals surface area contributed by atoms with Crippen molar-refractivity contribution >= 4 is 34.9 Å². The monoisotopic (exact) mass is 231 g/mol. The molecule has 0 fully saturated rings. The molecule has 0 unspecified atom stereocenters. The third-order valence-corrected chi connectivity index (χ3v) is 2.49. The SMILES string of the molecule is NC(N)=NC(N)=NCc1ccc(Cl)s1. The Balaban J connectivity index is 2.59. The molecular formula is C7H10ClN5S. The Morgan fingerprint density at radius 3 is 2.57 bits per heavy atom.